The topological polar surface area (TPSA) is 68.4 Å². The smallest absolute Gasteiger partial charge is 0.276 e. The van der Waals surface area contributed by atoms with E-state index in [1.165, 1.54) is 4.57 Å². The van der Waals surface area contributed by atoms with Crippen molar-refractivity contribution in [2.24, 2.45) is 0 Å². The highest BCUT2D eigenvalue weighted by molar-refractivity contribution is 5.80. The molecule has 1 unspecified atom stereocenters. The summed E-state index contributed by atoms with van der Waals surface area (Å²) in [6.45, 7) is 1.84. The van der Waals surface area contributed by atoms with Gasteiger partial charge in [0.2, 0.25) is 5.91 Å². The number of fused-ring (bicyclic) bond motifs is 3. The zero-order valence-corrected chi connectivity index (χ0v) is 14.3. The molecule has 1 atom stereocenters. The summed E-state index contributed by atoms with van der Waals surface area (Å²) in [6, 6.07) is 16.8. The highest BCUT2D eigenvalue weighted by Gasteiger charge is 2.15. The van der Waals surface area contributed by atoms with E-state index >= 15 is 0 Å². The van der Waals surface area contributed by atoms with Gasteiger partial charge in [0.25, 0.3) is 5.56 Å². The molecular weight excluding hydrogens is 328 g/mol. The Morgan fingerprint density at radius 2 is 1.85 bits per heavy atom. The molecule has 1 N–H and O–H groups in total. The predicted molar refractivity (Wildman–Crippen MR) is 100.0 cm³/mol. The lowest BCUT2D eigenvalue weighted by atomic mass is 10.1. The van der Waals surface area contributed by atoms with E-state index in [2.05, 4.69) is 10.3 Å². The molecule has 0 bridgehead atoms. The molecular formula is C20H18N4O2. The first-order valence-electron chi connectivity index (χ1n) is 8.44. The zero-order chi connectivity index (χ0) is 18.1. The Balaban J connectivity index is 1.69. The van der Waals surface area contributed by atoms with Gasteiger partial charge in [0.1, 0.15) is 12.1 Å². The lowest BCUT2D eigenvalue weighted by molar-refractivity contribution is -0.122. The van der Waals surface area contributed by atoms with Crippen molar-refractivity contribution >= 4 is 22.6 Å². The highest BCUT2D eigenvalue weighted by atomic mass is 16.2. The first-order chi connectivity index (χ1) is 12.6. The second kappa shape index (κ2) is 6.48. The van der Waals surface area contributed by atoms with Crippen LogP contribution < -0.4 is 10.9 Å². The number of carbonyl (C=O) groups excluding carboxylic acids is 1. The van der Waals surface area contributed by atoms with Crippen LogP contribution in [0.25, 0.3) is 16.7 Å². The molecule has 4 aromatic rings. The van der Waals surface area contributed by atoms with Gasteiger partial charge in [-0.1, -0.05) is 30.3 Å². The minimum Gasteiger partial charge on any atom is -0.348 e. The van der Waals surface area contributed by atoms with Gasteiger partial charge < -0.3 is 9.72 Å². The van der Waals surface area contributed by atoms with Crippen LogP contribution in [0.2, 0.25) is 0 Å². The fourth-order valence-corrected chi connectivity index (χ4v) is 3.19. The molecule has 3 aromatic heterocycles. The van der Waals surface area contributed by atoms with E-state index in [4.69, 9.17) is 0 Å². The van der Waals surface area contributed by atoms with Crippen LogP contribution in [-0.4, -0.2) is 19.9 Å². The van der Waals surface area contributed by atoms with Gasteiger partial charge >= 0.3 is 0 Å². The van der Waals surface area contributed by atoms with Crippen LogP contribution in [-0.2, 0) is 11.3 Å². The van der Waals surface area contributed by atoms with Crippen LogP contribution in [0.3, 0.4) is 0 Å². The molecule has 0 saturated carbocycles. The maximum absolute atomic E-state index is 12.8. The Bertz CT molecular complexity index is 1140. The van der Waals surface area contributed by atoms with Crippen LogP contribution in [0.1, 0.15) is 18.5 Å². The molecule has 0 saturated heterocycles. The monoisotopic (exact) mass is 346 g/mol. The molecule has 26 heavy (non-hydrogen) atoms. The van der Waals surface area contributed by atoms with Crippen molar-refractivity contribution in [2.75, 3.05) is 0 Å². The maximum Gasteiger partial charge on any atom is 0.276 e. The number of pyridine rings is 1. The molecule has 0 spiro atoms. The average molecular weight is 346 g/mol. The van der Waals surface area contributed by atoms with Gasteiger partial charge in [0.15, 0.2) is 5.65 Å². The summed E-state index contributed by atoms with van der Waals surface area (Å²) in [5, 5.41) is 2.95. The number of carbonyl (C=O) groups is 1. The summed E-state index contributed by atoms with van der Waals surface area (Å²) in [5.74, 6) is -0.230. The van der Waals surface area contributed by atoms with Crippen LogP contribution >= 0.6 is 0 Å². The first-order valence-corrected chi connectivity index (χ1v) is 8.44. The summed E-state index contributed by atoms with van der Waals surface area (Å²) in [5.41, 5.74) is 2.58. The number of hydrogen-bond acceptors (Lipinski definition) is 3. The number of benzene rings is 1. The molecule has 0 radical (unpaired) electrons. The summed E-state index contributed by atoms with van der Waals surface area (Å²) >= 11 is 0. The number of aromatic nitrogens is 3. The van der Waals surface area contributed by atoms with Crippen molar-refractivity contribution in [1.29, 1.82) is 0 Å². The molecule has 1 aromatic carbocycles. The quantitative estimate of drug-likeness (QED) is 0.617. The van der Waals surface area contributed by atoms with Gasteiger partial charge in [-0.25, -0.2) is 4.98 Å². The van der Waals surface area contributed by atoms with E-state index < -0.39 is 0 Å². The molecule has 6 nitrogen and oxygen atoms in total. The third kappa shape index (κ3) is 2.75. The van der Waals surface area contributed by atoms with E-state index in [-0.39, 0.29) is 24.1 Å². The molecule has 1 amide bonds. The Morgan fingerprint density at radius 1 is 1.08 bits per heavy atom. The minimum absolute atomic E-state index is 0.0782. The number of rotatable bonds is 4. The molecule has 0 aliphatic rings. The van der Waals surface area contributed by atoms with Crippen molar-refractivity contribution in [3.63, 3.8) is 0 Å². The second-order valence-electron chi connectivity index (χ2n) is 6.20. The largest absolute Gasteiger partial charge is 0.348 e. The van der Waals surface area contributed by atoms with Crippen molar-refractivity contribution in [3.8, 4) is 0 Å². The summed E-state index contributed by atoms with van der Waals surface area (Å²) in [7, 11) is 0. The molecule has 0 fully saturated rings. The molecule has 3 heterocycles. The van der Waals surface area contributed by atoms with E-state index in [1.54, 1.807) is 16.7 Å². The van der Waals surface area contributed by atoms with Gasteiger partial charge in [0.05, 0.1) is 11.6 Å². The third-order valence-electron chi connectivity index (χ3n) is 4.47. The van der Waals surface area contributed by atoms with Crippen molar-refractivity contribution in [1.82, 2.24) is 19.3 Å². The molecule has 0 aliphatic carbocycles. The summed E-state index contributed by atoms with van der Waals surface area (Å²) in [6.07, 6.45) is 3.45. The van der Waals surface area contributed by atoms with Crippen molar-refractivity contribution in [2.45, 2.75) is 19.5 Å². The van der Waals surface area contributed by atoms with Gasteiger partial charge in [-0.15, -0.1) is 0 Å². The van der Waals surface area contributed by atoms with Gasteiger partial charge in [-0.3, -0.25) is 14.2 Å². The normalized spacial score (nSPS) is 12.3. The van der Waals surface area contributed by atoms with Crippen molar-refractivity contribution in [3.05, 3.63) is 82.9 Å². The third-order valence-corrected chi connectivity index (χ3v) is 4.47. The molecule has 6 heteroatoms. The summed E-state index contributed by atoms with van der Waals surface area (Å²) in [4.78, 5) is 29.7. The van der Waals surface area contributed by atoms with Crippen LogP contribution in [0, 0.1) is 0 Å². The molecule has 4 rings (SSSR count). The molecule has 0 aliphatic heterocycles. The SMILES string of the molecule is CC(NC(=O)Cn1c(=O)c2cccn2c2cccnc21)c1ccccc1. The standard InChI is InChI=1S/C20H18N4O2/c1-14(15-7-3-2-4-8-15)22-18(25)13-24-19-16(9-5-11-21-19)23-12-6-10-17(23)20(24)26/h2-12,14H,13H2,1H3,(H,22,25). The van der Waals surface area contributed by atoms with Crippen molar-refractivity contribution < 1.29 is 4.79 Å². The zero-order valence-electron chi connectivity index (χ0n) is 14.3. The Morgan fingerprint density at radius 3 is 2.65 bits per heavy atom. The highest BCUT2D eigenvalue weighted by Crippen LogP contribution is 2.14. The van der Waals surface area contributed by atoms with E-state index in [1.807, 2.05) is 61.7 Å². The minimum atomic E-state index is -0.233. The fourth-order valence-electron chi connectivity index (χ4n) is 3.19. The molecule has 130 valence electrons. The fraction of sp³-hybridized carbons (Fsp3) is 0.150. The maximum atomic E-state index is 12.8. The van der Waals surface area contributed by atoms with E-state index in [0.717, 1.165) is 11.1 Å². The number of nitrogens with one attached hydrogen (secondary N) is 1. The number of amides is 1. The Kier molecular flexibility index (Phi) is 4.01. The Labute approximate surface area is 149 Å². The predicted octanol–water partition coefficient (Wildman–Crippen LogP) is 2.53. The lowest BCUT2D eigenvalue weighted by Crippen LogP contribution is -2.34. The van der Waals surface area contributed by atoms with Gasteiger partial charge in [0, 0.05) is 12.4 Å². The average Bonchev–Trinajstić information content (AvgIpc) is 3.16. The lowest BCUT2D eigenvalue weighted by Gasteiger charge is -2.16. The summed E-state index contributed by atoms with van der Waals surface area (Å²) < 4.78 is 3.23. The van der Waals surface area contributed by atoms with Gasteiger partial charge in [-0.2, -0.15) is 0 Å². The van der Waals surface area contributed by atoms with Crippen LogP contribution in [0.4, 0.5) is 0 Å². The van der Waals surface area contributed by atoms with E-state index in [0.29, 0.717) is 11.2 Å². The van der Waals surface area contributed by atoms with E-state index in [9.17, 15) is 9.59 Å². The number of nitrogens with zero attached hydrogens (tertiary/aromatic N) is 3. The second-order valence-corrected chi connectivity index (χ2v) is 6.20. The number of hydrogen-bond donors (Lipinski definition) is 1. The Hall–Kier alpha value is -3.41. The van der Waals surface area contributed by atoms with Crippen LogP contribution in [0.15, 0.2) is 71.8 Å². The van der Waals surface area contributed by atoms with Gasteiger partial charge in [-0.05, 0) is 36.8 Å². The van der Waals surface area contributed by atoms with Crippen LogP contribution in [0.5, 0.6) is 0 Å². The first kappa shape index (κ1) is 16.1.